The average molecular weight is 283 g/mol. The fourth-order valence-electron chi connectivity index (χ4n) is 2.10. The molecule has 6 nitrogen and oxygen atoms in total. The van der Waals surface area contributed by atoms with Gasteiger partial charge in [0.1, 0.15) is 17.0 Å². The summed E-state index contributed by atoms with van der Waals surface area (Å²) >= 11 is 0. The Morgan fingerprint density at radius 2 is 2.19 bits per heavy atom. The number of hydrogen-bond donors (Lipinski definition) is 2. The summed E-state index contributed by atoms with van der Waals surface area (Å²) in [7, 11) is 0. The maximum atomic E-state index is 12.3. The van der Waals surface area contributed by atoms with Crippen molar-refractivity contribution < 1.29 is 9.32 Å². The van der Waals surface area contributed by atoms with E-state index < -0.39 is 5.91 Å². The standard InChI is InChI=1S/C15H13N3O3/c1-9-6-10(18-21-9)7-17-15(20)12-8-16-13-5-3-2-4-11(13)14(12)19/h2-6,8H,7H2,1H3,(H,16,19)(H,17,20). The van der Waals surface area contributed by atoms with Crippen molar-refractivity contribution in [2.45, 2.75) is 13.5 Å². The molecule has 0 fully saturated rings. The van der Waals surface area contributed by atoms with Crippen molar-refractivity contribution in [2.24, 2.45) is 0 Å². The third-order valence-corrected chi connectivity index (χ3v) is 3.14. The minimum absolute atomic E-state index is 0.0777. The summed E-state index contributed by atoms with van der Waals surface area (Å²) in [5.41, 5.74) is 1.09. The van der Waals surface area contributed by atoms with Gasteiger partial charge in [-0.1, -0.05) is 17.3 Å². The number of carbonyl (C=O) groups is 1. The molecule has 6 heteroatoms. The summed E-state index contributed by atoms with van der Waals surface area (Å²) in [5.74, 6) is 0.227. The van der Waals surface area contributed by atoms with Gasteiger partial charge >= 0.3 is 0 Å². The highest BCUT2D eigenvalue weighted by Gasteiger charge is 2.13. The first-order chi connectivity index (χ1) is 10.1. The van der Waals surface area contributed by atoms with Gasteiger partial charge in [0.15, 0.2) is 0 Å². The van der Waals surface area contributed by atoms with Crippen LogP contribution in [0.1, 0.15) is 21.8 Å². The molecule has 2 heterocycles. The highest BCUT2D eigenvalue weighted by atomic mass is 16.5. The van der Waals surface area contributed by atoms with Gasteiger partial charge in [0.25, 0.3) is 5.91 Å². The lowest BCUT2D eigenvalue weighted by molar-refractivity contribution is 0.0949. The third-order valence-electron chi connectivity index (χ3n) is 3.14. The van der Waals surface area contributed by atoms with Crippen molar-refractivity contribution in [3.05, 3.63) is 63.8 Å². The topological polar surface area (TPSA) is 88.0 Å². The minimum Gasteiger partial charge on any atom is -0.361 e. The number of benzene rings is 1. The summed E-state index contributed by atoms with van der Waals surface area (Å²) in [6, 6.07) is 8.79. The van der Waals surface area contributed by atoms with Crippen LogP contribution < -0.4 is 10.7 Å². The van der Waals surface area contributed by atoms with Gasteiger partial charge in [0.2, 0.25) is 5.43 Å². The molecule has 2 N–H and O–H groups in total. The van der Waals surface area contributed by atoms with Crippen LogP contribution in [0.2, 0.25) is 0 Å². The first-order valence-corrected chi connectivity index (χ1v) is 6.46. The molecule has 21 heavy (non-hydrogen) atoms. The van der Waals surface area contributed by atoms with Crippen LogP contribution in [0.15, 0.2) is 45.8 Å². The Balaban J connectivity index is 1.84. The number of fused-ring (bicyclic) bond motifs is 1. The molecule has 3 rings (SSSR count). The van der Waals surface area contributed by atoms with E-state index in [1.165, 1.54) is 6.20 Å². The van der Waals surface area contributed by atoms with E-state index in [2.05, 4.69) is 15.5 Å². The Morgan fingerprint density at radius 3 is 2.95 bits per heavy atom. The molecule has 0 aliphatic heterocycles. The number of aromatic amines is 1. The predicted molar refractivity (Wildman–Crippen MR) is 77.0 cm³/mol. The van der Waals surface area contributed by atoms with Gasteiger partial charge < -0.3 is 14.8 Å². The fraction of sp³-hybridized carbons (Fsp3) is 0.133. The molecule has 1 amide bonds. The lowest BCUT2D eigenvalue weighted by Crippen LogP contribution is -2.28. The van der Waals surface area contributed by atoms with E-state index in [4.69, 9.17) is 4.52 Å². The van der Waals surface area contributed by atoms with Crippen LogP contribution in [0.3, 0.4) is 0 Å². The van der Waals surface area contributed by atoms with E-state index in [1.54, 1.807) is 31.2 Å². The number of hydrogen-bond acceptors (Lipinski definition) is 4. The molecule has 0 aliphatic rings. The zero-order chi connectivity index (χ0) is 14.8. The number of aryl methyl sites for hydroxylation is 1. The van der Waals surface area contributed by atoms with Gasteiger partial charge in [-0.2, -0.15) is 0 Å². The molecule has 0 unspecified atom stereocenters. The largest absolute Gasteiger partial charge is 0.361 e. The number of rotatable bonds is 3. The molecule has 1 aromatic carbocycles. The van der Waals surface area contributed by atoms with Gasteiger partial charge in [-0.15, -0.1) is 0 Å². The molecular weight excluding hydrogens is 270 g/mol. The van der Waals surface area contributed by atoms with Crippen molar-refractivity contribution in [3.63, 3.8) is 0 Å². The second-order valence-electron chi connectivity index (χ2n) is 4.69. The zero-order valence-electron chi connectivity index (χ0n) is 11.3. The van der Waals surface area contributed by atoms with E-state index in [-0.39, 0.29) is 17.5 Å². The molecule has 0 saturated carbocycles. The molecule has 0 bridgehead atoms. The van der Waals surface area contributed by atoms with E-state index in [9.17, 15) is 9.59 Å². The number of nitrogens with zero attached hydrogens (tertiary/aromatic N) is 1. The SMILES string of the molecule is Cc1cc(CNC(=O)c2c[nH]c3ccccc3c2=O)no1. The van der Waals surface area contributed by atoms with Gasteiger partial charge in [0.05, 0.1) is 6.54 Å². The van der Waals surface area contributed by atoms with Gasteiger partial charge in [-0.3, -0.25) is 9.59 Å². The molecule has 0 saturated heterocycles. The van der Waals surface area contributed by atoms with Crippen molar-refractivity contribution in [3.8, 4) is 0 Å². The van der Waals surface area contributed by atoms with Crippen LogP contribution in [0.5, 0.6) is 0 Å². The third kappa shape index (κ3) is 2.55. The fourth-order valence-corrected chi connectivity index (χ4v) is 2.10. The van der Waals surface area contributed by atoms with Crippen molar-refractivity contribution in [1.82, 2.24) is 15.5 Å². The number of pyridine rings is 1. The van der Waals surface area contributed by atoms with Crippen LogP contribution in [-0.2, 0) is 6.54 Å². The quantitative estimate of drug-likeness (QED) is 0.766. The smallest absolute Gasteiger partial charge is 0.257 e. The Kier molecular flexibility index (Phi) is 3.27. The summed E-state index contributed by atoms with van der Waals surface area (Å²) in [4.78, 5) is 27.3. The molecular formula is C15H13N3O3. The number of carbonyl (C=O) groups excluding carboxylic acids is 1. The van der Waals surface area contributed by atoms with E-state index in [0.29, 0.717) is 22.4 Å². The number of aromatic nitrogens is 2. The monoisotopic (exact) mass is 283 g/mol. The Labute approximate surface area is 119 Å². The molecule has 0 radical (unpaired) electrons. The highest BCUT2D eigenvalue weighted by Crippen LogP contribution is 2.07. The second-order valence-corrected chi connectivity index (χ2v) is 4.69. The molecule has 0 spiro atoms. The Morgan fingerprint density at radius 1 is 1.38 bits per heavy atom. The maximum absolute atomic E-state index is 12.3. The summed E-state index contributed by atoms with van der Waals surface area (Å²) in [6.07, 6.45) is 1.42. The maximum Gasteiger partial charge on any atom is 0.257 e. The van der Waals surface area contributed by atoms with Crippen LogP contribution >= 0.6 is 0 Å². The summed E-state index contributed by atoms with van der Waals surface area (Å²) < 4.78 is 4.91. The summed E-state index contributed by atoms with van der Waals surface area (Å²) in [6.45, 7) is 1.98. The summed E-state index contributed by atoms with van der Waals surface area (Å²) in [5, 5.41) is 6.92. The lowest BCUT2D eigenvalue weighted by atomic mass is 10.1. The molecule has 3 aromatic rings. The molecule has 0 aliphatic carbocycles. The van der Waals surface area contributed by atoms with Crippen molar-refractivity contribution in [2.75, 3.05) is 0 Å². The van der Waals surface area contributed by atoms with E-state index >= 15 is 0 Å². The molecule has 0 atom stereocenters. The van der Waals surface area contributed by atoms with Gasteiger partial charge in [-0.25, -0.2) is 0 Å². The number of H-pyrrole nitrogens is 1. The van der Waals surface area contributed by atoms with Crippen LogP contribution in [-0.4, -0.2) is 16.0 Å². The number of para-hydroxylation sites is 1. The van der Waals surface area contributed by atoms with Crippen LogP contribution in [0.4, 0.5) is 0 Å². The highest BCUT2D eigenvalue weighted by molar-refractivity contribution is 5.97. The zero-order valence-corrected chi connectivity index (χ0v) is 11.3. The predicted octanol–water partition coefficient (Wildman–Crippen LogP) is 1.75. The molecule has 2 aromatic heterocycles. The van der Waals surface area contributed by atoms with Gasteiger partial charge in [-0.05, 0) is 19.1 Å². The average Bonchev–Trinajstić information content (AvgIpc) is 2.91. The van der Waals surface area contributed by atoms with Crippen molar-refractivity contribution >= 4 is 16.8 Å². The first kappa shape index (κ1) is 13.1. The number of nitrogens with one attached hydrogen (secondary N) is 2. The minimum atomic E-state index is -0.442. The Hall–Kier alpha value is -2.89. The van der Waals surface area contributed by atoms with Crippen molar-refractivity contribution in [1.29, 1.82) is 0 Å². The number of amides is 1. The normalized spacial score (nSPS) is 10.7. The van der Waals surface area contributed by atoms with Crippen LogP contribution in [0.25, 0.3) is 10.9 Å². The lowest BCUT2D eigenvalue weighted by Gasteiger charge is -2.04. The van der Waals surface area contributed by atoms with Gasteiger partial charge in [0, 0.05) is 23.2 Å². The Bertz CT molecular complexity index is 864. The van der Waals surface area contributed by atoms with E-state index in [0.717, 1.165) is 0 Å². The van der Waals surface area contributed by atoms with Crippen LogP contribution in [0, 0.1) is 6.92 Å². The second kappa shape index (κ2) is 5.24. The first-order valence-electron chi connectivity index (χ1n) is 6.46. The van der Waals surface area contributed by atoms with E-state index in [1.807, 2.05) is 6.07 Å². The molecule has 106 valence electrons.